The third kappa shape index (κ3) is 3.46. The first-order valence-electron chi connectivity index (χ1n) is 10.6. The molecule has 0 atom stereocenters. The molecule has 2 N–H and O–H groups in total. The van der Waals surface area contributed by atoms with Gasteiger partial charge in [0.05, 0.1) is 23.9 Å². The Labute approximate surface area is 189 Å². The summed E-state index contributed by atoms with van der Waals surface area (Å²) >= 11 is 0. The van der Waals surface area contributed by atoms with Gasteiger partial charge in [-0.05, 0) is 50.0 Å². The van der Waals surface area contributed by atoms with Crippen LogP contribution in [-0.4, -0.2) is 49.1 Å². The lowest BCUT2D eigenvalue weighted by atomic mass is 10.1. The summed E-state index contributed by atoms with van der Waals surface area (Å²) in [5.74, 6) is 0. The molecule has 0 amide bonds. The standard InChI is InChI=1S/C25H21N7O/c1-32(2)13-15-7-17(11-26-10-15)18-8-20-24(30-31-25(20)28-12-18)22-9-19-21(29-22)3-5-27-23(19)16-4-6-33-14-16/h3-12,14,29H,13H2,1-2H3,(H,28,30,31). The van der Waals surface area contributed by atoms with E-state index in [2.05, 4.69) is 53.2 Å². The highest BCUT2D eigenvalue weighted by Gasteiger charge is 2.16. The molecule has 0 bridgehead atoms. The molecule has 0 radical (unpaired) electrons. The zero-order valence-corrected chi connectivity index (χ0v) is 18.2. The van der Waals surface area contributed by atoms with Crippen molar-refractivity contribution in [2.45, 2.75) is 6.54 Å². The molecule has 0 saturated carbocycles. The molecule has 8 nitrogen and oxygen atoms in total. The van der Waals surface area contributed by atoms with Gasteiger partial charge < -0.3 is 14.3 Å². The Balaban J connectivity index is 1.45. The van der Waals surface area contributed by atoms with Crippen molar-refractivity contribution >= 4 is 21.9 Å². The Bertz CT molecular complexity index is 1580. The minimum atomic E-state index is 0.734. The first-order chi connectivity index (χ1) is 16.2. The number of nitrogens with one attached hydrogen (secondary N) is 2. The monoisotopic (exact) mass is 435 g/mol. The molecule has 6 aromatic rings. The number of aromatic nitrogens is 6. The van der Waals surface area contributed by atoms with E-state index in [1.165, 1.54) is 0 Å². The molecule has 6 rings (SSSR count). The van der Waals surface area contributed by atoms with Crippen molar-refractivity contribution in [3.05, 3.63) is 73.2 Å². The summed E-state index contributed by atoms with van der Waals surface area (Å²) in [5.41, 5.74) is 8.40. The van der Waals surface area contributed by atoms with Gasteiger partial charge >= 0.3 is 0 Å². The number of pyridine rings is 3. The molecule has 6 aromatic heterocycles. The zero-order valence-electron chi connectivity index (χ0n) is 18.2. The summed E-state index contributed by atoms with van der Waals surface area (Å²) in [5, 5.41) is 9.57. The van der Waals surface area contributed by atoms with Gasteiger partial charge in [0.2, 0.25) is 0 Å². The molecule has 0 aliphatic heterocycles. The van der Waals surface area contributed by atoms with Crippen LogP contribution in [0.3, 0.4) is 0 Å². The Morgan fingerprint density at radius 2 is 1.82 bits per heavy atom. The van der Waals surface area contributed by atoms with E-state index in [0.717, 1.165) is 67.8 Å². The lowest BCUT2D eigenvalue weighted by molar-refractivity contribution is 0.402. The third-order valence-corrected chi connectivity index (χ3v) is 5.64. The molecule has 162 valence electrons. The molecule has 0 fully saturated rings. The molecule has 0 aromatic carbocycles. The van der Waals surface area contributed by atoms with E-state index in [1.54, 1.807) is 18.7 Å². The predicted octanol–water partition coefficient (Wildman–Crippen LogP) is 4.88. The van der Waals surface area contributed by atoms with E-state index in [9.17, 15) is 0 Å². The number of hydrogen-bond acceptors (Lipinski definition) is 6. The lowest BCUT2D eigenvalue weighted by Gasteiger charge is -2.10. The molecule has 0 aliphatic carbocycles. The van der Waals surface area contributed by atoms with Gasteiger partial charge in [0.25, 0.3) is 0 Å². The van der Waals surface area contributed by atoms with E-state index in [0.29, 0.717) is 0 Å². The van der Waals surface area contributed by atoms with E-state index < -0.39 is 0 Å². The Morgan fingerprint density at radius 3 is 2.67 bits per heavy atom. The number of nitrogens with zero attached hydrogens (tertiary/aromatic N) is 5. The smallest absolute Gasteiger partial charge is 0.155 e. The van der Waals surface area contributed by atoms with Gasteiger partial charge in [0.15, 0.2) is 5.65 Å². The Morgan fingerprint density at radius 1 is 0.909 bits per heavy atom. The molecule has 33 heavy (non-hydrogen) atoms. The van der Waals surface area contributed by atoms with E-state index in [4.69, 9.17) is 4.42 Å². The number of fused-ring (bicyclic) bond motifs is 2. The number of hydrogen-bond donors (Lipinski definition) is 2. The van der Waals surface area contributed by atoms with E-state index in [1.807, 2.05) is 44.8 Å². The largest absolute Gasteiger partial charge is 0.472 e. The molecule has 8 heteroatoms. The highest BCUT2D eigenvalue weighted by Crippen LogP contribution is 2.33. The summed E-state index contributed by atoms with van der Waals surface area (Å²) in [6.07, 6.45) is 10.8. The van der Waals surface area contributed by atoms with Crippen molar-refractivity contribution in [1.82, 2.24) is 35.0 Å². The van der Waals surface area contributed by atoms with Gasteiger partial charge in [-0.15, -0.1) is 0 Å². The van der Waals surface area contributed by atoms with Crippen LogP contribution in [0.15, 0.2) is 72.1 Å². The van der Waals surface area contributed by atoms with Gasteiger partial charge in [0, 0.05) is 64.3 Å². The molecule has 6 heterocycles. The highest BCUT2D eigenvalue weighted by atomic mass is 16.3. The van der Waals surface area contributed by atoms with Crippen LogP contribution < -0.4 is 0 Å². The van der Waals surface area contributed by atoms with Crippen molar-refractivity contribution in [3.8, 4) is 33.8 Å². The maximum absolute atomic E-state index is 5.26. The van der Waals surface area contributed by atoms with E-state index in [-0.39, 0.29) is 0 Å². The van der Waals surface area contributed by atoms with Crippen molar-refractivity contribution in [2.75, 3.05) is 14.1 Å². The van der Waals surface area contributed by atoms with Crippen LogP contribution in [0.25, 0.3) is 55.7 Å². The van der Waals surface area contributed by atoms with Crippen LogP contribution in [0.1, 0.15) is 5.56 Å². The van der Waals surface area contributed by atoms with Crippen molar-refractivity contribution < 1.29 is 4.42 Å². The molecule has 0 spiro atoms. The molecule has 0 unspecified atom stereocenters. The summed E-state index contributed by atoms with van der Waals surface area (Å²) in [6, 6.07) is 10.2. The predicted molar refractivity (Wildman–Crippen MR) is 127 cm³/mol. The second-order valence-electron chi connectivity index (χ2n) is 8.33. The normalized spacial score (nSPS) is 11.7. The van der Waals surface area contributed by atoms with Crippen molar-refractivity contribution in [3.63, 3.8) is 0 Å². The maximum atomic E-state index is 5.26. The maximum Gasteiger partial charge on any atom is 0.155 e. The second-order valence-corrected chi connectivity index (χ2v) is 8.33. The number of furan rings is 1. The van der Waals surface area contributed by atoms with Gasteiger partial charge in [0.1, 0.15) is 5.69 Å². The van der Waals surface area contributed by atoms with Gasteiger partial charge in [-0.2, -0.15) is 5.10 Å². The SMILES string of the molecule is CN(C)Cc1cncc(-c2cnc3[nH]nc(-c4cc5c(-c6ccoc6)nccc5[nH]4)c3c2)c1. The topological polar surface area (TPSA) is 99.5 Å². The van der Waals surface area contributed by atoms with E-state index >= 15 is 0 Å². The first-order valence-corrected chi connectivity index (χ1v) is 10.6. The number of H-pyrrole nitrogens is 2. The zero-order chi connectivity index (χ0) is 22.4. The van der Waals surface area contributed by atoms with Crippen LogP contribution in [-0.2, 0) is 6.54 Å². The fourth-order valence-electron chi connectivity index (χ4n) is 4.17. The summed E-state index contributed by atoms with van der Waals surface area (Å²) in [6.45, 7) is 0.829. The lowest BCUT2D eigenvalue weighted by Crippen LogP contribution is -2.10. The highest BCUT2D eigenvalue weighted by molar-refractivity contribution is 5.99. The van der Waals surface area contributed by atoms with Crippen molar-refractivity contribution in [1.29, 1.82) is 0 Å². The van der Waals surface area contributed by atoms with Crippen LogP contribution in [0.4, 0.5) is 0 Å². The first kappa shape index (κ1) is 19.4. The van der Waals surface area contributed by atoms with Crippen LogP contribution in [0.5, 0.6) is 0 Å². The van der Waals surface area contributed by atoms with Gasteiger partial charge in [-0.3, -0.25) is 15.1 Å². The van der Waals surface area contributed by atoms with Crippen LogP contribution in [0.2, 0.25) is 0 Å². The molecule has 0 aliphatic rings. The van der Waals surface area contributed by atoms with Gasteiger partial charge in [-0.1, -0.05) is 0 Å². The molecular weight excluding hydrogens is 414 g/mol. The molecular formula is C25H21N7O. The summed E-state index contributed by atoms with van der Waals surface area (Å²) in [7, 11) is 4.09. The fraction of sp³-hybridized carbons (Fsp3) is 0.120. The van der Waals surface area contributed by atoms with Crippen molar-refractivity contribution in [2.24, 2.45) is 0 Å². The summed E-state index contributed by atoms with van der Waals surface area (Å²) < 4.78 is 5.26. The minimum Gasteiger partial charge on any atom is -0.472 e. The van der Waals surface area contributed by atoms with Crippen LogP contribution in [0, 0.1) is 0 Å². The number of rotatable bonds is 5. The average molecular weight is 435 g/mol. The second kappa shape index (κ2) is 7.68. The quantitative estimate of drug-likeness (QED) is 0.400. The Hall–Kier alpha value is -4.30. The average Bonchev–Trinajstić information content (AvgIpc) is 3.57. The number of aromatic amines is 2. The Kier molecular flexibility index (Phi) is 4.51. The summed E-state index contributed by atoms with van der Waals surface area (Å²) in [4.78, 5) is 19.2. The third-order valence-electron chi connectivity index (χ3n) is 5.64. The minimum absolute atomic E-state index is 0.734. The van der Waals surface area contributed by atoms with Crippen LogP contribution >= 0.6 is 0 Å². The molecule has 0 saturated heterocycles. The van der Waals surface area contributed by atoms with Gasteiger partial charge in [-0.25, -0.2) is 4.98 Å². The fourth-order valence-corrected chi connectivity index (χ4v) is 4.17.